The zero-order valence-corrected chi connectivity index (χ0v) is 15.4. The summed E-state index contributed by atoms with van der Waals surface area (Å²) in [6.45, 7) is 2.36. The molecule has 0 aliphatic heterocycles. The van der Waals surface area contributed by atoms with Gasteiger partial charge in [0.15, 0.2) is 17.6 Å². The van der Waals surface area contributed by atoms with E-state index in [1.54, 1.807) is 6.26 Å². The first-order chi connectivity index (χ1) is 11.5. The minimum Gasteiger partial charge on any atom is -0.463 e. The van der Waals surface area contributed by atoms with Crippen LogP contribution < -0.4 is 10.2 Å². The molecule has 0 aliphatic rings. The molecule has 1 aromatic carbocycles. The van der Waals surface area contributed by atoms with E-state index in [2.05, 4.69) is 21.2 Å². The Morgan fingerprint density at radius 3 is 2.79 bits per heavy atom. The first kappa shape index (κ1) is 16.8. The third-order valence-corrected chi connectivity index (χ3v) is 4.65. The van der Waals surface area contributed by atoms with Gasteiger partial charge in [-0.2, -0.15) is 0 Å². The number of amides is 1. The number of rotatable bonds is 5. The number of likely N-dealkylation sites (N-methyl/N-ethyl adjacent to an activating group) is 1. The Kier molecular flexibility index (Phi) is 4.78. The lowest BCUT2D eigenvalue weighted by atomic mass is 10.1. The van der Waals surface area contributed by atoms with Crippen LogP contribution in [0.2, 0.25) is 0 Å². The second kappa shape index (κ2) is 6.83. The average molecular weight is 392 g/mol. The van der Waals surface area contributed by atoms with E-state index in [0.717, 1.165) is 21.2 Å². The van der Waals surface area contributed by atoms with Crippen LogP contribution in [0.1, 0.15) is 27.9 Å². The Labute approximate surface area is 148 Å². The van der Waals surface area contributed by atoms with Gasteiger partial charge < -0.3 is 19.1 Å². The molecule has 0 bridgehead atoms. The molecule has 0 spiro atoms. The molecule has 0 radical (unpaired) electrons. The highest BCUT2D eigenvalue weighted by Crippen LogP contribution is 2.28. The molecule has 0 fully saturated rings. The predicted octanol–water partition coefficient (Wildman–Crippen LogP) is 2.71. The normalized spacial score (nSPS) is 12.7. The van der Waals surface area contributed by atoms with Crippen LogP contribution in [-0.2, 0) is 0 Å². The summed E-state index contributed by atoms with van der Waals surface area (Å²) >= 11 is 3.45. The Bertz CT molecular complexity index is 853. The monoisotopic (exact) mass is 391 g/mol. The van der Waals surface area contributed by atoms with Crippen molar-refractivity contribution in [2.24, 2.45) is 0 Å². The van der Waals surface area contributed by atoms with Crippen LogP contribution in [0.15, 0.2) is 49.9 Å². The topological polar surface area (TPSA) is 59.8 Å². The zero-order chi connectivity index (χ0) is 17.3. The minimum atomic E-state index is -0.211. The van der Waals surface area contributed by atoms with Crippen molar-refractivity contribution in [1.29, 1.82) is 0 Å². The quantitative estimate of drug-likeness (QED) is 0.702. The number of halogens is 1. The molecule has 3 aromatic rings. The lowest BCUT2D eigenvalue weighted by Crippen LogP contribution is -3.07. The Balaban J connectivity index is 1.79. The molecule has 0 saturated carbocycles. The third-order valence-electron chi connectivity index (χ3n) is 4.15. The van der Waals surface area contributed by atoms with Gasteiger partial charge in [-0.05, 0) is 37.3 Å². The van der Waals surface area contributed by atoms with Gasteiger partial charge in [0.2, 0.25) is 0 Å². The summed E-state index contributed by atoms with van der Waals surface area (Å²) in [7, 11) is 4.06. The number of benzene rings is 1. The molecule has 2 heterocycles. The van der Waals surface area contributed by atoms with Gasteiger partial charge in [-0.15, -0.1) is 0 Å². The van der Waals surface area contributed by atoms with E-state index in [9.17, 15) is 4.79 Å². The van der Waals surface area contributed by atoms with Crippen LogP contribution in [0.4, 0.5) is 0 Å². The third kappa shape index (κ3) is 3.25. The highest BCUT2D eigenvalue weighted by atomic mass is 79.9. The summed E-state index contributed by atoms with van der Waals surface area (Å²) in [5, 5.41) is 3.90. The van der Waals surface area contributed by atoms with Gasteiger partial charge in [0, 0.05) is 15.4 Å². The number of furan rings is 2. The lowest BCUT2D eigenvalue weighted by Gasteiger charge is -2.19. The predicted molar refractivity (Wildman–Crippen MR) is 95.2 cm³/mol. The van der Waals surface area contributed by atoms with Gasteiger partial charge >= 0.3 is 0 Å². The van der Waals surface area contributed by atoms with E-state index in [-0.39, 0.29) is 11.9 Å². The summed E-state index contributed by atoms with van der Waals surface area (Å²) < 4.78 is 12.2. The highest BCUT2D eigenvalue weighted by Gasteiger charge is 2.24. The maximum absolute atomic E-state index is 12.6. The maximum atomic E-state index is 12.6. The standard InChI is InChI=1S/C18H19BrN2O3/c1-11-13-9-12(19)6-7-15(13)24-17(11)18(22)20-10-14(21(2)3)16-5-4-8-23-16/h4-9,14H,10H2,1-3H3,(H,20,22)/p+1/t14-/m0/s1. The van der Waals surface area contributed by atoms with Crippen LogP contribution >= 0.6 is 15.9 Å². The zero-order valence-electron chi connectivity index (χ0n) is 13.9. The van der Waals surface area contributed by atoms with Gasteiger partial charge in [0.1, 0.15) is 5.58 Å². The van der Waals surface area contributed by atoms with Crippen molar-refractivity contribution in [1.82, 2.24) is 5.32 Å². The summed E-state index contributed by atoms with van der Waals surface area (Å²) in [4.78, 5) is 13.7. The van der Waals surface area contributed by atoms with E-state index in [0.29, 0.717) is 17.9 Å². The van der Waals surface area contributed by atoms with Crippen molar-refractivity contribution in [2.45, 2.75) is 13.0 Å². The fourth-order valence-corrected chi connectivity index (χ4v) is 3.12. The van der Waals surface area contributed by atoms with Crippen molar-refractivity contribution < 1.29 is 18.5 Å². The second-order valence-electron chi connectivity index (χ2n) is 6.05. The van der Waals surface area contributed by atoms with E-state index in [1.807, 2.05) is 51.4 Å². The van der Waals surface area contributed by atoms with Crippen molar-refractivity contribution in [3.05, 3.63) is 58.2 Å². The molecule has 126 valence electrons. The van der Waals surface area contributed by atoms with E-state index < -0.39 is 0 Å². The first-order valence-corrected chi connectivity index (χ1v) is 8.57. The van der Waals surface area contributed by atoms with Gasteiger partial charge in [-0.3, -0.25) is 4.79 Å². The molecule has 6 heteroatoms. The van der Waals surface area contributed by atoms with Crippen LogP contribution in [0.25, 0.3) is 11.0 Å². The van der Waals surface area contributed by atoms with Gasteiger partial charge in [-0.25, -0.2) is 0 Å². The van der Waals surface area contributed by atoms with Crippen LogP contribution in [-0.4, -0.2) is 26.5 Å². The molecule has 5 nitrogen and oxygen atoms in total. The van der Waals surface area contributed by atoms with Crippen molar-refractivity contribution in [3.8, 4) is 0 Å². The number of quaternary nitrogens is 1. The lowest BCUT2D eigenvalue weighted by molar-refractivity contribution is -0.891. The fourth-order valence-electron chi connectivity index (χ4n) is 2.76. The van der Waals surface area contributed by atoms with Gasteiger partial charge in [0.25, 0.3) is 5.91 Å². The molecule has 0 unspecified atom stereocenters. The molecular weight excluding hydrogens is 372 g/mol. The summed E-state index contributed by atoms with van der Waals surface area (Å²) in [6, 6.07) is 9.54. The van der Waals surface area contributed by atoms with Crippen molar-refractivity contribution in [3.63, 3.8) is 0 Å². The van der Waals surface area contributed by atoms with Crippen molar-refractivity contribution >= 4 is 32.8 Å². The van der Waals surface area contributed by atoms with Crippen LogP contribution in [0.5, 0.6) is 0 Å². The fraction of sp³-hybridized carbons (Fsp3) is 0.278. The van der Waals surface area contributed by atoms with Crippen molar-refractivity contribution in [2.75, 3.05) is 20.6 Å². The second-order valence-corrected chi connectivity index (χ2v) is 6.97. The Morgan fingerprint density at radius 2 is 2.12 bits per heavy atom. The van der Waals surface area contributed by atoms with E-state index in [1.165, 1.54) is 4.90 Å². The number of hydrogen-bond donors (Lipinski definition) is 2. The van der Waals surface area contributed by atoms with Crippen LogP contribution in [0, 0.1) is 6.92 Å². The van der Waals surface area contributed by atoms with Crippen LogP contribution in [0.3, 0.4) is 0 Å². The van der Waals surface area contributed by atoms with E-state index in [4.69, 9.17) is 8.83 Å². The molecule has 0 aliphatic carbocycles. The van der Waals surface area contributed by atoms with E-state index >= 15 is 0 Å². The van der Waals surface area contributed by atoms with Gasteiger partial charge in [0.05, 0.1) is 26.9 Å². The summed E-state index contributed by atoms with van der Waals surface area (Å²) in [5.41, 5.74) is 1.55. The molecule has 0 saturated heterocycles. The molecule has 3 rings (SSSR count). The molecule has 1 atom stereocenters. The molecule has 1 amide bonds. The smallest absolute Gasteiger partial charge is 0.287 e. The first-order valence-electron chi connectivity index (χ1n) is 7.77. The Morgan fingerprint density at radius 1 is 1.33 bits per heavy atom. The largest absolute Gasteiger partial charge is 0.463 e. The number of carbonyl (C=O) groups excluding carboxylic acids is 1. The number of aryl methyl sites for hydroxylation is 1. The Hall–Kier alpha value is -2.05. The molecule has 24 heavy (non-hydrogen) atoms. The maximum Gasteiger partial charge on any atom is 0.287 e. The molecular formula is C18H20BrN2O3+. The summed E-state index contributed by atoms with van der Waals surface area (Å²) in [6.07, 6.45) is 1.65. The van der Waals surface area contributed by atoms with Gasteiger partial charge in [-0.1, -0.05) is 15.9 Å². The minimum absolute atomic E-state index is 0.0442. The number of nitrogens with one attached hydrogen (secondary N) is 2. The molecule has 2 aromatic heterocycles. The number of hydrogen-bond acceptors (Lipinski definition) is 3. The SMILES string of the molecule is Cc1c(C(=O)NC[C@@H](c2ccco2)[NH+](C)C)oc2ccc(Br)cc12. The average Bonchev–Trinajstić information content (AvgIpc) is 3.16. The number of fused-ring (bicyclic) bond motifs is 1. The molecule has 2 N–H and O–H groups in total. The summed E-state index contributed by atoms with van der Waals surface area (Å²) in [5.74, 6) is 0.994. The highest BCUT2D eigenvalue weighted by molar-refractivity contribution is 9.10. The number of carbonyl (C=O) groups is 1.